The zero-order chi connectivity index (χ0) is 22.6. The number of rotatable bonds is 13. The Labute approximate surface area is 166 Å². The molecule has 0 radical (unpaired) electrons. The summed E-state index contributed by atoms with van der Waals surface area (Å²) in [5.74, 6) is -6.49. The molecule has 0 fully saturated rings. The van der Waals surface area contributed by atoms with E-state index in [1.54, 1.807) is 5.32 Å². The minimum Gasteiger partial charge on any atom is -0.480 e. The number of alkyl halides is 3. The van der Waals surface area contributed by atoms with Crippen LogP contribution in [0.15, 0.2) is 0 Å². The van der Waals surface area contributed by atoms with Gasteiger partial charge in [0.25, 0.3) is 0 Å². The van der Waals surface area contributed by atoms with Gasteiger partial charge in [0.2, 0.25) is 11.8 Å². The van der Waals surface area contributed by atoms with Crippen molar-refractivity contribution in [2.75, 3.05) is 24.6 Å². The van der Waals surface area contributed by atoms with Gasteiger partial charge >= 0.3 is 24.0 Å². The van der Waals surface area contributed by atoms with Crippen LogP contribution < -0.4 is 21.7 Å². The Hall–Kier alpha value is -2.55. The standard InChI is InChI=1S/C14H21F3N4O7S/c15-14(16,17)13(28)19-3-4-29-6-8(11(25)20-5-10(23)24)21-9(22)2-1-7(18)12(26)27/h7-8H,1-6,18H2,(H,19,28)(H,20,25)(H,21,22)(H,23,24)(H,26,27)/t7-,8-/m0/s1. The second-order valence-corrected chi connectivity index (χ2v) is 6.69. The van der Waals surface area contributed by atoms with Gasteiger partial charge in [0.1, 0.15) is 18.6 Å². The molecule has 29 heavy (non-hydrogen) atoms. The van der Waals surface area contributed by atoms with Gasteiger partial charge in [0.05, 0.1) is 0 Å². The van der Waals surface area contributed by atoms with E-state index in [4.69, 9.17) is 15.9 Å². The van der Waals surface area contributed by atoms with E-state index in [0.29, 0.717) is 0 Å². The minimum absolute atomic E-state index is 0.0235. The summed E-state index contributed by atoms with van der Waals surface area (Å²) in [7, 11) is 0. The van der Waals surface area contributed by atoms with Gasteiger partial charge in [0.15, 0.2) is 0 Å². The molecule has 0 bridgehead atoms. The third kappa shape index (κ3) is 12.5. The molecule has 0 heterocycles. The molecule has 0 unspecified atom stereocenters. The first-order valence-electron chi connectivity index (χ1n) is 8.04. The van der Waals surface area contributed by atoms with Crippen LogP contribution in [-0.2, 0) is 24.0 Å². The van der Waals surface area contributed by atoms with E-state index in [2.05, 4.69) is 5.32 Å². The molecule has 0 spiro atoms. The SMILES string of the molecule is N[C@@H](CCC(=O)N[C@@H](CSCCNC(=O)C(F)(F)F)C(=O)NCC(=O)O)C(=O)O. The fourth-order valence-electron chi connectivity index (χ4n) is 1.68. The molecule has 7 N–H and O–H groups in total. The molecular weight excluding hydrogens is 425 g/mol. The maximum absolute atomic E-state index is 12.1. The van der Waals surface area contributed by atoms with Crippen LogP contribution in [0.3, 0.4) is 0 Å². The summed E-state index contributed by atoms with van der Waals surface area (Å²) in [4.78, 5) is 55.7. The molecular formula is C14H21F3N4O7S. The predicted molar refractivity (Wildman–Crippen MR) is 93.8 cm³/mol. The van der Waals surface area contributed by atoms with Gasteiger partial charge in [0, 0.05) is 24.5 Å². The number of carboxylic acid groups (broad SMARTS) is 2. The Kier molecular flexibility index (Phi) is 11.7. The van der Waals surface area contributed by atoms with Gasteiger partial charge in [-0.05, 0) is 6.42 Å². The quantitative estimate of drug-likeness (QED) is 0.179. The van der Waals surface area contributed by atoms with Gasteiger partial charge in [-0.1, -0.05) is 0 Å². The third-order valence-electron chi connectivity index (χ3n) is 3.14. The zero-order valence-corrected chi connectivity index (χ0v) is 15.8. The molecule has 0 aromatic rings. The van der Waals surface area contributed by atoms with Crippen molar-refractivity contribution in [3.05, 3.63) is 0 Å². The molecule has 2 atom stereocenters. The summed E-state index contributed by atoms with van der Waals surface area (Å²) in [6.07, 6.45) is -5.54. The molecule has 11 nitrogen and oxygen atoms in total. The summed E-state index contributed by atoms with van der Waals surface area (Å²) >= 11 is 0.924. The Morgan fingerprint density at radius 3 is 2.21 bits per heavy atom. The van der Waals surface area contributed by atoms with Crippen molar-refractivity contribution in [2.45, 2.75) is 31.1 Å². The topological polar surface area (TPSA) is 188 Å². The molecule has 0 aromatic carbocycles. The number of thioether (sulfide) groups is 1. The molecule has 0 saturated carbocycles. The highest BCUT2D eigenvalue weighted by Gasteiger charge is 2.38. The van der Waals surface area contributed by atoms with Crippen LogP contribution in [0.1, 0.15) is 12.8 Å². The molecule has 15 heteroatoms. The van der Waals surface area contributed by atoms with Crippen molar-refractivity contribution in [3.63, 3.8) is 0 Å². The minimum atomic E-state index is -5.02. The highest BCUT2D eigenvalue weighted by atomic mass is 32.2. The predicted octanol–water partition coefficient (Wildman–Crippen LogP) is -1.72. The van der Waals surface area contributed by atoms with Crippen molar-refractivity contribution in [1.29, 1.82) is 0 Å². The monoisotopic (exact) mass is 446 g/mol. The van der Waals surface area contributed by atoms with Crippen molar-refractivity contribution in [3.8, 4) is 0 Å². The van der Waals surface area contributed by atoms with Crippen LogP contribution in [-0.4, -0.2) is 82.7 Å². The smallest absolute Gasteiger partial charge is 0.471 e. The lowest BCUT2D eigenvalue weighted by atomic mass is 10.1. The van der Waals surface area contributed by atoms with Crippen LogP contribution in [0.2, 0.25) is 0 Å². The van der Waals surface area contributed by atoms with Crippen molar-refractivity contribution in [1.82, 2.24) is 16.0 Å². The van der Waals surface area contributed by atoms with Crippen molar-refractivity contribution >= 4 is 41.4 Å². The summed E-state index contributed by atoms with van der Waals surface area (Å²) in [6, 6.07) is -2.52. The van der Waals surface area contributed by atoms with Crippen LogP contribution in [0.4, 0.5) is 13.2 Å². The molecule has 0 aliphatic carbocycles. The maximum atomic E-state index is 12.1. The highest BCUT2D eigenvalue weighted by molar-refractivity contribution is 7.99. The van der Waals surface area contributed by atoms with Crippen LogP contribution in [0, 0.1) is 0 Å². The molecule has 3 amide bonds. The first kappa shape index (κ1) is 26.4. The van der Waals surface area contributed by atoms with Gasteiger partial charge in [-0.3, -0.25) is 24.0 Å². The molecule has 0 aromatic heterocycles. The Morgan fingerprint density at radius 1 is 1.07 bits per heavy atom. The zero-order valence-electron chi connectivity index (χ0n) is 15.0. The molecule has 0 rings (SSSR count). The number of halogens is 3. The molecule has 166 valence electrons. The second-order valence-electron chi connectivity index (χ2n) is 5.54. The number of carbonyl (C=O) groups is 5. The fraction of sp³-hybridized carbons (Fsp3) is 0.643. The van der Waals surface area contributed by atoms with E-state index in [9.17, 15) is 37.1 Å². The maximum Gasteiger partial charge on any atom is 0.471 e. The number of carboxylic acids is 2. The van der Waals surface area contributed by atoms with E-state index >= 15 is 0 Å². The van der Waals surface area contributed by atoms with Gasteiger partial charge < -0.3 is 31.9 Å². The van der Waals surface area contributed by atoms with E-state index < -0.39 is 54.5 Å². The van der Waals surface area contributed by atoms with Crippen LogP contribution in [0.5, 0.6) is 0 Å². The van der Waals surface area contributed by atoms with E-state index in [-0.39, 0.29) is 30.9 Å². The number of nitrogens with one attached hydrogen (secondary N) is 3. The average Bonchev–Trinajstić information content (AvgIpc) is 2.61. The highest BCUT2D eigenvalue weighted by Crippen LogP contribution is 2.14. The largest absolute Gasteiger partial charge is 0.480 e. The number of aliphatic carboxylic acids is 2. The van der Waals surface area contributed by atoms with Crippen molar-refractivity contribution < 1.29 is 47.4 Å². The number of nitrogens with two attached hydrogens (primary N) is 1. The molecule has 0 saturated heterocycles. The van der Waals surface area contributed by atoms with Crippen LogP contribution >= 0.6 is 11.8 Å². The molecule has 0 aliphatic rings. The summed E-state index contributed by atoms with van der Waals surface area (Å²) < 4.78 is 36.2. The first-order valence-corrected chi connectivity index (χ1v) is 9.20. The lowest BCUT2D eigenvalue weighted by Crippen LogP contribution is -2.49. The normalized spacial score (nSPS) is 13.1. The summed E-state index contributed by atoms with van der Waals surface area (Å²) in [5, 5.41) is 23.2. The average molecular weight is 446 g/mol. The van der Waals surface area contributed by atoms with Gasteiger partial charge in [-0.25, -0.2) is 0 Å². The van der Waals surface area contributed by atoms with Crippen molar-refractivity contribution in [2.24, 2.45) is 5.73 Å². The number of amides is 3. The Balaban J connectivity index is 4.59. The first-order chi connectivity index (χ1) is 13.3. The summed E-state index contributed by atoms with van der Waals surface area (Å²) in [6.45, 7) is -1.07. The number of carbonyl (C=O) groups excluding carboxylic acids is 3. The summed E-state index contributed by atoms with van der Waals surface area (Å²) in [5.41, 5.74) is 5.26. The Bertz CT molecular complexity index is 619. The lowest BCUT2D eigenvalue weighted by molar-refractivity contribution is -0.173. The van der Waals surface area contributed by atoms with E-state index in [1.165, 1.54) is 0 Å². The van der Waals surface area contributed by atoms with Crippen LogP contribution in [0.25, 0.3) is 0 Å². The molecule has 0 aliphatic heterocycles. The Morgan fingerprint density at radius 2 is 1.69 bits per heavy atom. The fourth-order valence-corrected chi connectivity index (χ4v) is 2.57. The third-order valence-corrected chi connectivity index (χ3v) is 4.20. The van der Waals surface area contributed by atoms with E-state index in [1.807, 2.05) is 5.32 Å². The second kappa shape index (κ2) is 12.8. The van der Waals surface area contributed by atoms with Gasteiger partial charge in [-0.15, -0.1) is 0 Å². The van der Waals surface area contributed by atoms with E-state index in [0.717, 1.165) is 11.8 Å². The number of hydrogen-bond donors (Lipinski definition) is 6. The lowest BCUT2D eigenvalue weighted by Gasteiger charge is -2.18. The number of hydrogen-bond acceptors (Lipinski definition) is 7. The van der Waals surface area contributed by atoms with Gasteiger partial charge in [-0.2, -0.15) is 24.9 Å².